The molecule has 8 heteroatoms. The van der Waals surface area contributed by atoms with E-state index in [0.717, 1.165) is 37.6 Å². The predicted octanol–water partition coefficient (Wildman–Crippen LogP) is 4.13. The molecule has 3 aromatic rings. The number of hydrogen-bond acceptors (Lipinski definition) is 5. The van der Waals surface area contributed by atoms with Crippen LogP contribution in [0.3, 0.4) is 0 Å². The minimum atomic E-state index is -0.828. The Bertz CT molecular complexity index is 1020. The molecule has 0 amide bonds. The maximum absolute atomic E-state index is 13.9. The normalized spacial score (nSPS) is 15.6. The Balaban J connectivity index is 1.41. The van der Waals surface area contributed by atoms with Crippen molar-refractivity contribution in [1.82, 2.24) is 14.9 Å². The topological polar surface area (TPSA) is 50.3 Å². The third kappa shape index (κ3) is 4.27. The van der Waals surface area contributed by atoms with Gasteiger partial charge in [0.1, 0.15) is 12.1 Å². The van der Waals surface area contributed by atoms with Crippen LogP contribution in [0.15, 0.2) is 36.7 Å². The van der Waals surface area contributed by atoms with Gasteiger partial charge in [-0.2, -0.15) is 0 Å². The molecule has 0 bridgehead atoms. The van der Waals surface area contributed by atoms with Gasteiger partial charge in [-0.05, 0) is 36.6 Å². The molecule has 152 valence electrons. The highest BCUT2D eigenvalue weighted by Gasteiger charge is 2.21. The van der Waals surface area contributed by atoms with Gasteiger partial charge in [0.25, 0.3) is 0 Å². The van der Waals surface area contributed by atoms with Gasteiger partial charge in [0, 0.05) is 37.1 Å². The summed E-state index contributed by atoms with van der Waals surface area (Å²) in [5.74, 6) is -1.31. The van der Waals surface area contributed by atoms with Crippen LogP contribution in [0.25, 0.3) is 10.9 Å². The lowest BCUT2D eigenvalue weighted by Crippen LogP contribution is -2.38. The van der Waals surface area contributed by atoms with Crippen molar-refractivity contribution in [1.29, 1.82) is 0 Å². The van der Waals surface area contributed by atoms with Gasteiger partial charge in [-0.15, -0.1) is 0 Å². The molecular weight excluding hydrogens is 381 g/mol. The molecule has 0 unspecified atom stereocenters. The molecule has 2 aromatic carbocycles. The zero-order valence-corrected chi connectivity index (χ0v) is 16.0. The largest absolute Gasteiger partial charge is 0.494 e. The number of halogens is 3. The smallest absolute Gasteiger partial charge is 0.167 e. The van der Waals surface area contributed by atoms with Crippen molar-refractivity contribution in [3.63, 3.8) is 0 Å². The quantitative estimate of drug-likeness (QED) is 0.695. The van der Waals surface area contributed by atoms with Crippen LogP contribution < -0.4 is 10.1 Å². The van der Waals surface area contributed by atoms with Crippen LogP contribution in [0.5, 0.6) is 5.75 Å². The summed E-state index contributed by atoms with van der Waals surface area (Å²) in [4.78, 5) is 10.7. The number of ether oxygens (including phenoxy) is 1. The zero-order valence-electron chi connectivity index (χ0n) is 16.0. The lowest BCUT2D eigenvalue weighted by atomic mass is 10.0. The van der Waals surface area contributed by atoms with Gasteiger partial charge < -0.3 is 10.1 Å². The molecule has 1 aliphatic rings. The van der Waals surface area contributed by atoms with E-state index < -0.39 is 17.5 Å². The van der Waals surface area contributed by atoms with Crippen molar-refractivity contribution >= 4 is 16.7 Å². The molecule has 5 nitrogen and oxygen atoms in total. The zero-order chi connectivity index (χ0) is 20.4. The first-order valence-corrected chi connectivity index (χ1v) is 9.44. The molecule has 0 aliphatic carbocycles. The number of methoxy groups -OCH3 is 1. The van der Waals surface area contributed by atoms with E-state index in [1.807, 2.05) is 0 Å². The molecule has 29 heavy (non-hydrogen) atoms. The summed E-state index contributed by atoms with van der Waals surface area (Å²) in [6.45, 7) is 2.21. The molecule has 0 spiro atoms. The lowest BCUT2D eigenvalue weighted by molar-refractivity contribution is 0.211. The molecule has 2 heterocycles. The molecule has 1 saturated heterocycles. The summed E-state index contributed by atoms with van der Waals surface area (Å²) in [6.07, 6.45) is 3.15. The molecule has 0 atom stereocenters. The van der Waals surface area contributed by atoms with Crippen molar-refractivity contribution in [3.8, 4) is 5.75 Å². The van der Waals surface area contributed by atoms with Crippen LogP contribution >= 0.6 is 0 Å². The Labute approximate surface area is 166 Å². The van der Waals surface area contributed by atoms with E-state index in [1.165, 1.54) is 25.6 Å². The fourth-order valence-corrected chi connectivity index (χ4v) is 3.65. The van der Waals surface area contributed by atoms with Crippen LogP contribution in [0.4, 0.5) is 19.0 Å². The fourth-order valence-electron chi connectivity index (χ4n) is 3.65. The summed E-state index contributed by atoms with van der Waals surface area (Å²) in [6, 6.07) is 7.17. The Kier molecular flexibility index (Phi) is 5.53. The molecule has 1 aromatic heterocycles. The van der Waals surface area contributed by atoms with Gasteiger partial charge in [0.05, 0.1) is 12.6 Å². The van der Waals surface area contributed by atoms with Crippen molar-refractivity contribution in [2.24, 2.45) is 0 Å². The average Bonchev–Trinajstić information content (AvgIpc) is 2.72. The summed E-state index contributed by atoms with van der Waals surface area (Å²) in [5.41, 5.74) is 1.27. The number of fused-ring (bicyclic) bond motifs is 1. The first-order valence-electron chi connectivity index (χ1n) is 9.44. The molecule has 1 fully saturated rings. The van der Waals surface area contributed by atoms with Crippen LogP contribution in [-0.2, 0) is 6.54 Å². The summed E-state index contributed by atoms with van der Waals surface area (Å²) in [5, 5.41) is 4.13. The Morgan fingerprint density at radius 1 is 1.03 bits per heavy atom. The minimum Gasteiger partial charge on any atom is -0.494 e. The van der Waals surface area contributed by atoms with E-state index in [4.69, 9.17) is 4.74 Å². The fraction of sp³-hybridized carbons (Fsp3) is 0.333. The number of rotatable bonds is 5. The number of aromatic nitrogens is 2. The number of likely N-dealkylation sites (tertiary alicyclic amines) is 1. The van der Waals surface area contributed by atoms with Crippen molar-refractivity contribution in [3.05, 3.63) is 59.7 Å². The summed E-state index contributed by atoms with van der Waals surface area (Å²) >= 11 is 0. The highest BCUT2D eigenvalue weighted by molar-refractivity contribution is 5.90. The Hall–Kier alpha value is -2.87. The predicted molar refractivity (Wildman–Crippen MR) is 104 cm³/mol. The van der Waals surface area contributed by atoms with Crippen LogP contribution in [0.1, 0.15) is 18.4 Å². The second-order valence-corrected chi connectivity index (χ2v) is 7.17. The van der Waals surface area contributed by atoms with Crippen molar-refractivity contribution in [2.75, 3.05) is 25.5 Å². The van der Waals surface area contributed by atoms with Crippen LogP contribution in [-0.4, -0.2) is 41.1 Å². The number of nitrogens with one attached hydrogen (secondary N) is 1. The molecule has 4 rings (SSSR count). The number of anilines is 1. The van der Waals surface area contributed by atoms with Crippen LogP contribution in [0.2, 0.25) is 0 Å². The van der Waals surface area contributed by atoms with E-state index >= 15 is 0 Å². The molecule has 0 saturated carbocycles. The SMILES string of the molecule is COc1cc2c(NC3CCN(Cc4ccc(F)c(F)c4)CC3)ncnc2cc1F. The van der Waals surface area contributed by atoms with Crippen molar-refractivity contribution in [2.45, 2.75) is 25.4 Å². The number of benzene rings is 2. The molecule has 0 radical (unpaired) electrons. The van der Waals surface area contributed by atoms with E-state index in [9.17, 15) is 13.2 Å². The number of nitrogens with zero attached hydrogens (tertiary/aromatic N) is 3. The highest BCUT2D eigenvalue weighted by atomic mass is 19.2. The van der Waals surface area contributed by atoms with E-state index in [2.05, 4.69) is 20.2 Å². The van der Waals surface area contributed by atoms with Gasteiger partial charge in [0.2, 0.25) is 0 Å². The summed E-state index contributed by atoms with van der Waals surface area (Å²) < 4.78 is 45.5. The number of piperidine rings is 1. The third-order valence-corrected chi connectivity index (χ3v) is 5.23. The first kappa shape index (κ1) is 19.4. The van der Waals surface area contributed by atoms with Crippen molar-refractivity contribution < 1.29 is 17.9 Å². The van der Waals surface area contributed by atoms with Gasteiger partial charge in [-0.1, -0.05) is 6.07 Å². The molecule has 1 aliphatic heterocycles. The molecule has 1 N–H and O–H groups in total. The maximum atomic E-state index is 13.9. The standard InChI is InChI=1S/C21H21F3N4O/c1-29-20-9-15-19(10-18(20)24)25-12-26-21(15)27-14-4-6-28(7-5-14)11-13-2-3-16(22)17(23)8-13/h2-3,8-10,12,14H,4-7,11H2,1H3,(H,25,26,27). The van der Waals surface area contributed by atoms with Gasteiger partial charge in [0.15, 0.2) is 23.2 Å². The third-order valence-electron chi connectivity index (χ3n) is 5.23. The first-order chi connectivity index (χ1) is 14.0. The van der Waals surface area contributed by atoms with Gasteiger partial charge in [-0.25, -0.2) is 23.1 Å². The second kappa shape index (κ2) is 8.24. The Morgan fingerprint density at radius 3 is 2.55 bits per heavy atom. The number of hydrogen-bond donors (Lipinski definition) is 1. The Morgan fingerprint density at radius 2 is 1.83 bits per heavy atom. The van der Waals surface area contributed by atoms with E-state index in [0.29, 0.717) is 23.3 Å². The van der Waals surface area contributed by atoms with E-state index in [-0.39, 0.29) is 11.8 Å². The molecular formula is C21H21F3N4O. The van der Waals surface area contributed by atoms with E-state index in [1.54, 1.807) is 12.1 Å². The lowest BCUT2D eigenvalue weighted by Gasteiger charge is -2.32. The minimum absolute atomic E-state index is 0.150. The summed E-state index contributed by atoms with van der Waals surface area (Å²) in [7, 11) is 1.42. The maximum Gasteiger partial charge on any atom is 0.167 e. The van der Waals surface area contributed by atoms with Gasteiger partial charge >= 0.3 is 0 Å². The second-order valence-electron chi connectivity index (χ2n) is 7.17. The van der Waals surface area contributed by atoms with Crippen LogP contribution in [0, 0.1) is 17.5 Å². The average molecular weight is 402 g/mol. The highest BCUT2D eigenvalue weighted by Crippen LogP contribution is 2.28. The van der Waals surface area contributed by atoms with Gasteiger partial charge in [-0.3, -0.25) is 4.90 Å². The monoisotopic (exact) mass is 402 g/mol.